The number of benzene rings is 1. The van der Waals surface area contributed by atoms with Crippen LogP contribution in [0, 0.1) is 0 Å². The Hall–Kier alpha value is -2.20. The predicted octanol–water partition coefficient (Wildman–Crippen LogP) is 3.80. The minimum Gasteiger partial charge on any atom is -0.497 e. The van der Waals surface area contributed by atoms with Crippen LogP contribution in [0.15, 0.2) is 54.0 Å². The molecule has 0 saturated carbocycles. The molecule has 0 saturated heterocycles. The van der Waals surface area contributed by atoms with Gasteiger partial charge in [-0.25, -0.2) is 4.98 Å². The van der Waals surface area contributed by atoms with Crippen molar-refractivity contribution in [2.75, 3.05) is 7.11 Å². The molecule has 0 spiro atoms. The average molecular weight is 282 g/mol. The lowest BCUT2D eigenvalue weighted by Crippen LogP contribution is -1.90. The number of thiazole rings is 1. The van der Waals surface area contributed by atoms with E-state index in [1.165, 1.54) is 0 Å². The second kappa shape index (κ2) is 5.84. The Morgan fingerprint density at radius 3 is 2.65 bits per heavy atom. The van der Waals surface area contributed by atoms with Crippen LogP contribution < -0.4 is 4.74 Å². The molecular formula is C16H14N2OS. The van der Waals surface area contributed by atoms with Crippen molar-refractivity contribution in [3.63, 3.8) is 0 Å². The zero-order valence-electron chi connectivity index (χ0n) is 11.1. The highest BCUT2D eigenvalue weighted by Crippen LogP contribution is 2.24. The summed E-state index contributed by atoms with van der Waals surface area (Å²) in [5.41, 5.74) is 3.15. The normalized spacial score (nSPS) is 10.4. The van der Waals surface area contributed by atoms with Gasteiger partial charge < -0.3 is 4.74 Å². The highest BCUT2D eigenvalue weighted by molar-refractivity contribution is 7.10. The monoisotopic (exact) mass is 282 g/mol. The molecule has 3 nitrogen and oxygen atoms in total. The first-order valence-corrected chi connectivity index (χ1v) is 7.22. The molecular weight excluding hydrogens is 268 g/mol. The van der Waals surface area contributed by atoms with E-state index in [9.17, 15) is 0 Å². The summed E-state index contributed by atoms with van der Waals surface area (Å²) < 4.78 is 5.16. The largest absolute Gasteiger partial charge is 0.497 e. The van der Waals surface area contributed by atoms with Crippen molar-refractivity contribution in [3.05, 3.63) is 64.7 Å². The molecule has 0 amide bonds. The Labute approximate surface area is 121 Å². The summed E-state index contributed by atoms with van der Waals surface area (Å²) in [7, 11) is 1.67. The van der Waals surface area contributed by atoms with Crippen LogP contribution in [0.25, 0.3) is 11.3 Å². The lowest BCUT2D eigenvalue weighted by atomic mass is 10.2. The van der Waals surface area contributed by atoms with Crippen LogP contribution in [0.1, 0.15) is 10.7 Å². The lowest BCUT2D eigenvalue weighted by molar-refractivity contribution is 0.415. The molecule has 0 radical (unpaired) electrons. The van der Waals surface area contributed by atoms with Gasteiger partial charge in [-0.3, -0.25) is 4.98 Å². The van der Waals surface area contributed by atoms with E-state index < -0.39 is 0 Å². The summed E-state index contributed by atoms with van der Waals surface area (Å²) in [6.45, 7) is 0. The fourth-order valence-corrected chi connectivity index (χ4v) is 2.76. The number of hydrogen-bond acceptors (Lipinski definition) is 4. The van der Waals surface area contributed by atoms with Crippen LogP contribution >= 0.6 is 11.3 Å². The molecule has 0 fully saturated rings. The van der Waals surface area contributed by atoms with Crippen molar-refractivity contribution in [2.45, 2.75) is 6.42 Å². The fourth-order valence-electron chi connectivity index (χ4n) is 1.94. The molecule has 3 aromatic rings. The molecule has 0 aliphatic carbocycles. The minimum atomic E-state index is 0.779. The molecule has 0 N–H and O–H groups in total. The zero-order valence-corrected chi connectivity index (χ0v) is 11.9. The molecule has 0 aliphatic heterocycles. The van der Waals surface area contributed by atoms with Gasteiger partial charge in [0, 0.05) is 29.3 Å². The van der Waals surface area contributed by atoms with Gasteiger partial charge >= 0.3 is 0 Å². The Morgan fingerprint density at radius 2 is 1.95 bits per heavy atom. The van der Waals surface area contributed by atoms with Crippen molar-refractivity contribution in [2.24, 2.45) is 0 Å². The summed E-state index contributed by atoms with van der Waals surface area (Å²) in [5, 5.41) is 3.16. The van der Waals surface area contributed by atoms with E-state index in [4.69, 9.17) is 4.74 Å². The van der Waals surface area contributed by atoms with Crippen LogP contribution in [0.4, 0.5) is 0 Å². The Morgan fingerprint density at radius 1 is 1.10 bits per heavy atom. The third kappa shape index (κ3) is 2.86. The standard InChI is InChI=1S/C16H14N2OS/c1-19-14-7-5-12(6-8-14)15-11-20-16(18-15)10-13-4-2-3-9-17-13/h2-9,11H,10H2,1H3. The fraction of sp³-hybridized carbons (Fsp3) is 0.125. The van der Waals surface area contributed by atoms with E-state index in [0.29, 0.717) is 0 Å². The van der Waals surface area contributed by atoms with Crippen LogP contribution in [-0.4, -0.2) is 17.1 Å². The highest BCUT2D eigenvalue weighted by Gasteiger charge is 2.06. The van der Waals surface area contributed by atoms with Crippen molar-refractivity contribution in [1.29, 1.82) is 0 Å². The molecule has 3 rings (SSSR count). The predicted molar refractivity (Wildman–Crippen MR) is 81.1 cm³/mol. The van der Waals surface area contributed by atoms with Crippen LogP contribution in [0.5, 0.6) is 5.75 Å². The van der Waals surface area contributed by atoms with Gasteiger partial charge in [0.25, 0.3) is 0 Å². The number of pyridine rings is 1. The SMILES string of the molecule is COc1ccc(-c2csc(Cc3ccccn3)n2)cc1. The quantitative estimate of drug-likeness (QED) is 0.730. The van der Waals surface area contributed by atoms with E-state index in [0.717, 1.165) is 34.1 Å². The van der Waals surface area contributed by atoms with E-state index in [2.05, 4.69) is 15.3 Å². The second-order valence-electron chi connectivity index (χ2n) is 4.35. The smallest absolute Gasteiger partial charge is 0.118 e. The number of rotatable bonds is 4. The molecule has 2 aromatic heterocycles. The topological polar surface area (TPSA) is 35.0 Å². The summed E-state index contributed by atoms with van der Waals surface area (Å²) in [5.74, 6) is 0.859. The third-order valence-electron chi connectivity index (χ3n) is 3.00. The van der Waals surface area contributed by atoms with Gasteiger partial charge in [0.1, 0.15) is 5.75 Å². The maximum Gasteiger partial charge on any atom is 0.118 e. The maximum atomic E-state index is 5.16. The number of nitrogens with zero attached hydrogens (tertiary/aromatic N) is 2. The van der Waals surface area contributed by atoms with Crippen molar-refractivity contribution in [1.82, 2.24) is 9.97 Å². The molecule has 20 heavy (non-hydrogen) atoms. The molecule has 4 heteroatoms. The van der Waals surface area contributed by atoms with E-state index >= 15 is 0 Å². The van der Waals surface area contributed by atoms with Gasteiger partial charge in [-0.05, 0) is 36.4 Å². The molecule has 0 bridgehead atoms. The van der Waals surface area contributed by atoms with E-state index in [1.54, 1.807) is 18.4 Å². The maximum absolute atomic E-state index is 5.16. The van der Waals surface area contributed by atoms with Crippen molar-refractivity contribution < 1.29 is 4.74 Å². The molecule has 0 atom stereocenters. The van der Waals surface area contributed by atoms with Crippen molar-refractivity contribution >= 4 is 11.3 Å². The summed E-state index contributed by atoms with van der Waals surface area (Å²) >= 11 is 1.67. The number of methoxy groups -OCH3 is 1. The molecule has 1 aromatic carbocycles. The highest BCUT2D eigenvalue weighted by atomic mass is 32.1. The number of ether oxygens (including phenoxy) is 1. The van der Waals surface area contributed by atoms with Gasteiger partial charge in [-0.2, -0.15) is 0 Å². The second-order valence-corrected chi connectivity index (χ2v) is 5.30. The lowest BCUT2D eigenvalue weighted by Gasteiger charge is -2.00. The Bertz CT molecular complexity index is 677. The van der Waals surface area contributed by atoms with Crippen LogP contribution in [-0.2, 0) is 6.42 Å². The molecule has 100 valence electrons. The first-order valence-electron chi connectivity index (χ1n) is 6.34. The summed E-state index contributed by atoms with van der Waals surface area (Å²) in [6.07, 6.45) is 2.59. The molecule has 0 aliphatic rings. The average Bonchev–Trinajstić information content (AvgIpc) is 2.97. The van der Waals surface area contributed by atoms with Gasteiger partial charge in [-0.15, -0.1) is 11.3 Å². The van der Waals surface area contributed by atoms with Gasteiger partial charge in [0.2, 0.25) is 0 Å². The first kappa shape index (κ1) is 12.8. The summed E-state index contributed by atoms with van der Waals surface area (Å²) in [6, 6.07) is 13.9. The first-order chi connectivity index (χ1) is 9.85. The third-order valence-corrected chi connectivity index (χ3v) is 3.84. The zero-order chi connectivity index (χ0) is 13.8. The molecule has 0 unspecified atom stereocenters. The van der Waals surface area contributed by atoms with E-state index in [1.807, 2.05) is 48.7 Å². The van der Waals surface area contributed by atoms with Crippen LogP contribution in [0.3, 0.4) is 0 Å². The minimum absolute atomic E-state index is 0.779. The Kier molecular flexibility index (Phi) is 3.74. The van der Waals surface area contributed by atoms with Crippen LogP contribution in [0.2, 0.25) is 0 Å². The number of aromatic nitrogens is 2. The van der Waals surface area contributed by atoms with Gasteiger partial charge in [0.15, 0.2) is 0 Å². The summed E-state index contributed by atoms with van der Waals surface area (Å²) in [4.78, 5) is 9.00. The van der Waals surface area contributed by atoms with Gasteiger partial charge in [0.05, 0.1) is 17.8 Å². The van der Waals surface area contributed by atoms with Gasteiger partial charge in [-0.1, -0.05) is 6.07 Å². The Balaban J connectivity index is 1.79. The number of hydrogen-bond donors (Lipinski definition) is 0. The van der Waals surface area contributed by atoms with Crippen molar-refractivity contribution in [3.8, 4) is 17.0 Å². The van der Waals surface area contributed by atoms with E-state index in [-0.39, 0.29) is 0 Å². The molecule has 2 heterocycles.